The normalized spacial score (nSPS) is 11.4. The van der Waals surface area contributed by atoms with Gasteiger partial charge in [-0.05, 0) is 31.5 Å². The molecule has 4 nitrogen and oxygen atoms in total. The number of aryl methyl sites for hydroxylation is 1. The van der Waals surface area contributed by atoms with E-state index in [4.69, 9.17) is 4.42 Å². The highest BCUT2D eigenvalue weighted by Crippen LogP contribution is 2.13. The van der Waals surface area contributed by atoms with Gasteiger partial charge in [0.05, 0.1) is 11.9 Å². The predicted octanol–water partition coefficient (Wildman–Crippen LogP) is 3.01. The monoisotopic (exact) mass is 301 g/mol. The average Bonchev–Trinajstić information content (AvgIpc) is 2.97. The van der Waals surface area contributed by atoms with Crippen molar-refractivity contribution in [3.05, 3.63) is 60.1 Å². The molecule has 0 saturated heterocycles. The van der Waals surface area contributed by atoms with Crippen molar-refractivity contribution in [2.24, 2.45) is 0 Å². The van der Waals surface area contributed by atoms with Crippen molar-refractivity contribution in [3.8, 4) is 0 Å². The second kappa shape index (κ2) is 7.27. The molecule has 1 heterocycles. The van der Waals surface area contributed by atoms with Gasteiger partial charge in [-0.25, -0.2) is 0 Å². The van der Waals surface area contributed by atoms with Gasteiger partial charge in [-0.2, -0.15) is 0 Å². The molecule has 4 heteroatoms. The highest BCUT2D eigenvalue weighted by Gasteiger charge is 2.22. The van der Waals surface area contributed by atoms with Crippen LogP contribution >= 0.6 is 0 Å². The minimum Gasteiger partial charge on any atom is -0.469 e. The molecule has 0 unspecified atom stereocenters. The van der Waals surface area contributed by atoms with Crippen LogP contribution in [0.3, 0.4) is 0 Å². The van der Waals surface area contributed by atoms with E-state index in [0.29, 0.717) is 25.9 Å². The summed E-state index contributed by atoms with van der Waals surface area (Å²) in [4.78, 5) is 14.2. The molecule has 0 aliphatic carbocycles. The summed E-state index contributed by atoms with van der Waals surface area (Å²) in [5.74, 6) is 0.818. The molecule has 1 amide bonds. The van der Waals surface area contributed by atoms with Crippen LogP contribution in [0.4, 0.5) is 0 Å². The van der Waals surface area contributed by atoms with Crippen molar-refractivity contribution >= 4 is 5.91 Å². The molecule has 1 N–H and O–H groups in total. The number of aliphatic hydroxyl groups is 1. The van der Waals surface area contributed by atoms with Crippen LogP contribution in [0.1, 0.15) is 31.6 Å². The first-order valence-electron chi connectivity index (χ1n) is 7.50. The lowest BCUT2D eigenvalue weighted by Crippen LogP contribution is -2.41. The summed E-state index contributed by atoms with van der Waals surface area (Å²) in [6.07, 6.45) is 2.55. The molecule has 2 aromatic rings. The van der Waals surface area contributed by atoms with Gasteiger partial charge in [0, 0.05) is 25.9 Å². The standard InChI is InChI=1S/C18H23NO3/c1-18(2,21)14-19(13-15-7-4-3-5-8-15)17(20)11-10-16-9-6-12-22-16/h3-9,12,21H,10-11,13-14H2,1-2H3. The molecule has 0 fully saturated rings. The highest BCUT2D eigenvalue weighted by molar-refractivity contribution is 5.76. The van der Waals surface area contributed by atoms with Crippen molar-refractivity contribution in [3.63, 3.8) is 0 Å². The van der Waals surface area contributed by atoms with E-state index in [1.165, 1.54) is 0 Å². The number of carbonyl (C=O) groups is 1. The third-order valence-corrected chi connectivity index (χ3v) is 3.31. The van der Waals surface area contributed by atoms with E-state index in [-0.39, 0.29) is 5.91 Å². The van der Waals surface area contributed by atoms with Gasteiger partial charge in [-0.15, -0.1) is 0 Å². The summed E-state index contributed by atoms with van der Waals surface area (Å²) >= 11 is 0. The van der Waals surface area contributed by atoms with E-state index in [2.05, 4.69) is 0 Å². The Morgan fingerprint density at radius 3 is 2.50 bits per heavy atom. The zero-order valence-corrected chi connectivity index (χ0v) is 13.2. The third-order valence-electron chi connectivity index (χ3n) is 3.31. The third kappa shape index (κ3) is 5.37. The number of carbonyl (C=O) groups excluding carboxylic acids is 1. The summed E-state index contributed by atoms with van der Waals surface area (Å²) in [5.41, 5.74) is 0.132. The second-order valence-corrected chi connectivity index (χ2v) is 6.13. The van der Waals surface area contributed by atoms with E-state index in [9.17, 15) is 9.90 Å². The predicted molar refractivity (Wildman–Crippen MR) is 85.2 cm³/mol. The molecule has 0 saturated carbocycles. The largest absolute Gasteiger partial charge is 0.469 e. The van der Waals surface area contributed by atoms with Crippen LogP contribution < -0.4 is 0 Å². The SMILES string of the molecule is CC(C)(O)CN(Cc1ccccc1)C(=O)CCc1ccco1. The Labute approximate surface area is 131 Å². The first-order chi connectivity index (χ1) is 10.4. The molecular weight excluding hydrogens is 278 g/mol. The number of furan rings is 1. The van der Waals surface area contributed by atoms with Crippen molar-refractivity contribution in [2.75, 3.05) is 6.54 Å². The summed E-state index contributed by atoms with van der Waals surface area (Å²) in [6, 6.07) is 13.5. The van der Waals surface area contributed by atoms with Gasteiger partial charge in [-0.3, -0.25) is 4.79 Å². The Balaban J connectivity index is 2.01. The van der Waals surface area contributed by atoms with Gasteiger partial charge < -0.3 is 14.4 Å². The molecule has 1 aromatic heterocycles. The fraction of sp³-hybridized carbons (Fsp3) is 0.389. The van der Waals surface area contributed by atoms with Gasteiger partial charge in [0.25, 0.3) is 0 Å². The molecule has 0 atom stereocenters. The maximum absolute atomic E-state index is 12.5. The Hall–Kier alpha value is -2.07. The molecular formula is C18H23NO3. The van der Waals surface area contributed by atoms with Crippen LogP contribution in [-0.4, -0.2) is 28.1 Å². The molecule has 0 radical (unpaired) electrons. The number of benzene rings is 1. The maximum Gasteiger partial charge on any atom is 0.223 e. The Morgan fingerprint density at radius 1 is 1.18 bits per heavy atom. The van der Waals surface area contributed by atoms with E-state index in [1.54, 1.807) is 25.0 Å². The fourth-order valence-electron chi connectivity index (χ4n) is 2.35. The average molecular weight is 301 g/mol. The Morgan fingerprint density at radius 2 is 1.91 bits per heavy atom. The quantitative estimate of drug-likeness (QED) is 0.855. The minimum absolute atomic E-state index is 0.0161. The Bertz CT molecular complexity index is 570. The topological polar surface area (TPSA) is 53.7 Å². The zero-order valence-electron chi connectivity index (χ0n) is 13.2. The van der Waals surface area contributed by atoms with Crippen molar-refractivity contribution in [2.45, 2.75) is 38.8 Å². The molecule has 1 aromatic carbocycles. The van der Waals surface area contributed by atoms with Crippen molar-refractivity contribution < 1.29 is 14.3 Å². The molecule has 0 spiro atoms. The van der Waals surface area contributed by atoms with E-state index >= 15 is 0 Å². The van der Waals surface area contributed by atoms with Crippen LogP contribution in [0.25, 0.3) is 0 Å². The van der Waals surface area contributed by atoms with Gasteiger partial charge in [0.15, 0.2) is 0 Å². The van der Waals surface area contributed by atoms with Crippen LogP contribution in [0.2, 0.25) is 0 Å². The van der Waals surface area contributed by atoms with Crippen LogP contribution in [-0.2, 0) is 17.8 Å². The first-order valence-corrected chi connectivity index (χ1v) is 7.50. The number of hydrogen-bond acceptors (Lipinski definition) is 3. The van der Waals surface area contributed by atoms with Gasteiger partial charge in [0.2, 0.25) is 5.91 Å². The Kier molecular flexibility index (Phi) is 5.39. The fourth-order valence-corrected chi connectivity index (χ4v) is 2.35. The summed E-state index contributed by atoms with van der Waals surface area (Å²) < 4.78 is 5.26. The van der Waals surface area contributed by atoms with Crippen molar-refractivity contribution in [1.82, 2.24) is 4.90 Å². The lowest BCUT2D eigenvalue weighted by Gasteiger charge is -2.29. The molecule has 118 valence electrons. The van der Waals surface area contributed by atoms with Gasteiger partial charge >= 0.3 is 0 Å². The minimum atomic E-state index is -0.922. The molecule has 0 aliphatic heterocycles. The van der Waals surface area contributed by atoms with Crippen LogP contribution in [0.15, 0.2) is 53.1 Å². The molecule has 2 rings (SSSR count). The first kappa shape index (κ1) is 16.3. The van der Waals surface area contributed by atoms with Crippen LogP contribution in [0, 0.1) is 0 Å². The lowest BCUT2D eigenvalue weighted by atomic mass is 10.1. The second-order valence-electron chi connectivity index (χ2n) is 6.13. The van der Waals surface area contributed by atoms with E-state index < -0.39 is 5.60 Å². The molecule has 0 aliphatic rings. The summed E-state index contributed by atoms with van der Waals surface area (Å²) in [7, 11) is 0. The van der Waals surface area contributed by atoms with Gasteiger partial charge in [0.1, 0.15) is 5.76 Å². The van der Waals surface area contributed by atoms with Gasteiger partial charge in [-0.1, -0.05) is 30.3 Å². The summed E-state index contributed by atoms with van der Waals surface area (Å²) in [5, 5.41) is 10.1. The number of rotatable bonds is 7. The number of nitrogens with zero attached hydrogens (tertiary/aromatic N) is 1. The summed E-state index contributed by atoms with van der Waals surface area (Å²) in [6.45, 7) is 4.23. The lowest BCUT2D eigenvalue weighted by molar-refractivity contribution is -0.135. The van der Waals surface area contributed by atoms with E-state index in [1.807, 2.05) is 42.5 Å². The maximum atomic E-state index is 12.5. The van der Waals surface area contributed by atoms with Crippen molar-refractivity contribution in [1.29, 1.82) is 0 Å². The number of hydrogen-bond donors (Lipinski definition) is 1. The smallest absolute Gasteiger partial charge is 0.223 e. The van der Waals surface area contributed by atoms with Crippen LogP contribution in [0.5, 0.6) is 0 Å². The number of amides is 1. The zero-order chi connectivity index (χ0) is 16.0. The van der Waals surface area contributed by atoms with E-state index in [0.717, 1.165) is 11.3 Å². The molecule has 0 bridgehead atoms. The highest BCUT2D eigenvalue weighted by atomic mass is 16.3. The molecule has 22 heavy (non-hydrogen) atoms.